The van der Waals surface area contributed by atoms with E-state index in [1.807, 2.05) is 0 Å². The molecule has 62 valence electrons. The fourth-order valence-corrected chi connectivity index (χ4v) is 1.27. The highest BCUT2D eigenvalue weighted by molar-refractivity contribution is 6.33. The van der Waals surface area contributed by atoms with Crippen LogP contribution in [-0.4, -0.2) is 11.2 Å². The average molecular weight is 185 g/mol. The minimum Gasteiger partial charge on any atom is -0.334 e. The highest BCUT2D eigenvalue weighted by atomic mass is 35.5. The van der Waals surface area contributed by atoms with Gasteiger partial charge in [-0.2, -0.15) is 0 Å². The topological polar surface area (TPSA) is 55.5 Å². The Morgan fingerprint density at radius 3 is 3.00 bits per heavy atom. The lowest BCUT2D eigenvalue weighted by atomic mass is 10.3. The van der Waals surface area contributed by atoms with Crippen LogP contribution >= 0.6 is 11.6 Å². The van der Waals surface area contributed by atoms with Crippen molar-refractivity contribution in [3.8, 4) is 0 Å². The molecule has 1 aliphatic rings. The molecule has 0 atom stereocenters. The molecule has 0 amide bonds. The van der Waals surface area contributed by atoms with E-state index in [9.17, 15) is 4.79 Å². The van der Waals surface area contributed by atoms with Gasteiger partial charge >= 0.3 is 0 Å². The summed E-state index contributed by atoms with van der Waals surface area (Å²) in [4.78, 5) is 13.2. The molecule has 0 radical (unpaired) electrons. The maximum Gasteiger partial charge on any atom is 0.280 e. The van der Waals surface area contributed by atoms with Crippen molar-refractivity contribution in [2.24, 2.45) is 4.99 Å². The number of rotatable bonds is 2. The lowest BCUT2D eigenvalue weighted by Crippen LogP contribution is -1.76. The zero-order valence-corrected chi connectivity index (χ0v) is 6.84. The first kappa shape index (κ1) is 7.53. The van der Waals surface area contributed by atoms with Crippen molar-refractivity contribution in [1.82, 2.24) is 5.16 Å². The summed E-state index contributed by atoms with van der Waals surface area (Å²) in [5, 5.41) is 4.06. The standard InChI is InChI=1S/C7H5ClN2O2/c8-5-6(4-1-2-4)10-12-7(5)9-3-11/h4H,1-2H2. The van der Waals surface area contributed by atoms with Gasteiger partial charge in [-0.15, -0.1) is 4.99 Å². The molecule has 0 unspecified atom stereocenters. The normalized spacial score (nSPS) is 15.8. The van der Waals surface area contributed by atoms with E-state index in [-0.39, 0.29) is 5.88 Å². The first-order valence-electron chi connectivity index (χ1n) is 3.56. The zero-order chi connectivity index (χ0) is 8.55. The smallest absolute Gasteiger partial charge is 0.280 e. The van der Waals surface area contributed by atoms with E-state index in [1.165, 1.54) is 6.08 Å². The van der Waals surface area contributed by atoms with Crippen LogP contribution in [0.1, 0.15) is 24.5 Å². The van der Waals surface area contributed by atoms with E-state index >= 15 is 0 Å². The monoisotopic (exact) mass is 184 g/mol. The molecule has 1 heterocycles. The molecule has 2 rings (SSSR count). The number of hydrogen-bond donors (Lipinski definition) is 0. The van der Waals surface area contributed by atoms with Crippen molar-refractivity contribution < 1.29 is 9.32 Å². The summed E-state index contributed by atoms with van der Waals surface area (Å²) < 4.78 is 4.73. The quantitative estimate of drug-likeness (QED) is 0.523. The molecule has 1 fully saturated rings. The van der Waals surface area contributed by atoms with Gasteiger partial charge in [-0.1, -0.05) is 16.8 Å². The molecular formula is C7H5ClN2O2. The van der Waals surface area contributed by atoms with E-state index < -0.39 is 0 Å². The van der Waals surface area contributed by atoms with Crippen LogP contribution in [0.2, 0.25) is 5.02 Å². The third-order valence-corrected chi connectivity index (χ3v) is 2.11. The first-order valence-corrected chi connectivity index (χ1v) is 3.93. The van der Waals surface area contributed by atoms with Crippen molar-refractivity contribution in [2.75, 3.05) is 0 Å². The number of isocyanates is 1. The number of hydrogen-bond acceptors (Lipinski definition) is 4. The fraction of sp³-hybridized carbons (Fsp3) is 0.429. The summed E-state index contributed by atoms with van der Waals surface area (Å²) in [6.07, 6.45) is 3.51. The molecule has 0 bridgehead atoms. The Morgan fingerprint density at radius 2 is 2.42 bits per heavy atom. The minimum absolute atomic E-state index is 0.0635. The predicted molar refractivity (Wildman–Crippen MR) is 41.3 cm³/mol. The van der Waals surface area contributed by atoms with Crippen molar-refractivity contribution in [1.29, 1.82) is 0 Å². The summed E-state index contributed by atoms with van der Waals surface area (Å²) >= 11 is 5.81. The number of carbonyl (C=O) groups excluding carboxylic acids is 1. The molecule has 1 aliphatic carbocycles. The Hall–Kier alpha value is -1.12. The van der Waals surface area contributed by atoms with Crippen molar-refractivity contribution in [2.45, 2.75) is 18.8 Å². The highest BCUT2D eigenvalue weighted by Gasteiger charge is 2.31. The average Bonchev–Trinajstić information content (AvgIpc) is 2.82. The Bertz CT molecular complexity index is 350. The van der Waals surface area contributed by atoms with Crippen LogP contribution in [0, 0.1) is 0 Å². The number of halogens is 1. The summed E-state index contributed by atoms with van der Waals surface area (Å²) in [5.74, 6) is 0.463. The van der Waals surface area contributed by atoms with Gasteiger partial charge in [0.15, 0.2) is 0 Å². The van der Waals surface area contributed by atoms with Crippen LogP contribution in [0.5, 0.6) is 0 Å². The molecule has 1 aromatic rings. The summed E-state index contributed by atoms with van der Waals surface area (Å²) in [6.45, 7) is 0. The number of nitrogens with zero attached hydrogens (tertiary/aromatic N) is 2. The van der Waals surface area contributed by atoms with Gasteiger partial charge in [0.05, 0.1) is 0 Å². The van der Waals surface area contributed by atoms with Gasteiger partial charge in [0, 0.05) is 5.92 Å². The Balaban J connectivity index is 2.39. The Kier molecular flexibility index (Phi) is 1.71. The lowest BCUT2D eigenvalue weighted by Gasteiger charge is -1.85. The SMILES string of the molecule is O=C=Nc1onc(C2CC2)c1Cl. The summed E-state index contributed by atoms with van der Waals surface area (Å²) in [7, 11) is 0. The Morgan fingerprint density at radius 1 is 1.67 bits per heavy atom. The molecule has 0 N–H and O–H groups in total. The van der Waals surface area contributed by atoms with Gasteiger partial charge < -0.3 is 4.52 Å². The molecule has 0 aromatic carbocycles. The second kappa shape index (κ2) is 2.73. The van der Waals surface area contributed by atoms with Gasteiger partial charge in [0.25, 0.3) is 5.88 Å². The molecule has 12 heavy (non-hydrogen) atoms. The van der Waals surface area contributed by atoms with E-state index in [0.29, 0.717) is 16.6 Å². The molecule has 0 spiro atoms. The third-order valence-electron chi connectivity index (χ3n) is 1.75. The first-order chi connectivity index (χ1) is 5.83. The summed E-state index contributed by atoms with van der Waals surface area (Å²) in [5.41, 5.74) is 0.714. The van der Waals surface area contributed by atoms with Crippen LogP contribution in [0.25, 0.3) is 0 Å². The van der Waals surface area contributed by atoms with Crippen molar-refractivity contribution in [3.05, 3.63) is 10.7 Å². The summed E-state index contributed by atoms with van der Waals surface area (Å²) in [6, 6.07) is 0. The molecule has 0 saturated heterocycles. The fourth-order valence-electron chi connectivity index (χ4n) is 1.00. The third kappa shape index (κ3) is 1.15. The lowest BCUT2D eigenvalue weighted by molar-refractivity contribution is 0.421. The van der Waals surface area contributed by atoms with Crippen LogP contribution in [0.3, 0.4) is 0 Å². The van der Waals surface area contributed by atoms with Crippen LogP contribution < -0.4 is 0 Å². The molecule has 1 saturated carbocycles. The van der Waals surface area contributed by atoms with E-state index in [1.54, 1.807) is 0 Å². The second-order valence-electron chi connectivity index (χ2n) is 2.66. The van der Waals surface area contributed by atoms with Gasteiger partial charge in [-0.3, -0.25) is 0 Å². The van der Waals surface area contributed by atoms with Gasteiger partial charge in [0.1, 0.15) is 10.7 Å². The Labute approximate surface area is 73.2 Å². The van der Waals surface area contributed by atoms with Crippen molar-refractivity contribution >= 4 is 23.6 Å². The van der Waals surface area contributed by atoms with Gasteiger partial charge in [0.2, 0.25) is 6.08 Å². The molecule has 4 nitrogen and oxygen atoms in total. The highest BCUT2D eigenvalue weighted by Crippen LogP contribution is 2.45. The van der Waals surface area contributed by atoms with Gasteiger partial charge in [-0.05, 0) is 12.8 Å². The number of aromatic nitrogens is 1. The predicted octanol–water partition coefficient (Wildman–Crippen LogP) is 2.17. The second-order valence-corrected chi connectivity index (χ2v) is 3.04. The molecule has 5 heteroatoms. The van der Waals surface area contributed by atoms with Gasteiger partial charge in [-0.25, -0.2) is 4.79 Å². The molecule has 1 aromatic heterocycles. The maximum atomic E-state index is 9.88. The maximum absolute atomic E-state index is 9.88. The van der Waals surface area contributed by atoms with E-state index in [2.05, 4.69) is 10.1 Å². The van der Waals surface area contributed by atoms with Crippen LogP contribution in [-0.2, 0) is 4.79 Å². The van der Waals surface area contributed by atoms with Crippen LogP contribution in [0.15, 0.2) is 9.52 Å². The molecular weight excluding hydrogens is 180 g/mol. The zero-order valence-electron chi connectivity index (χ0n) is 6.08. The van der Waals surface area contributed by atoms with Crippen LogP contribution in [0.4, 0.5) is 5.88 Å². The molecule has 0 aliphatic heterocycles. The van der Waals surface area contributed by atoms with E-state index in [4.69, 9.17) is 16.1 Å². The minimum atomic E-state index is 0.0635. The number of aliphatic imine (C=N–C) groups is 1. The van der Waals surface area contributed by atoms with E-state index in [0.717, 1.165) is 12.8 Å². The van der Waals surface area contributed by atoms with Crippen molar-refractivity contribution in [3.63, 3.8) is 0 Å². The largest absolute Gasteiger partial charge is 0.334 e.